The molecule has 0 fully saturated rings. The van der Waals surface area contributed by atoms with E-state index in [1.807, 2.05) is 48.5 Å². The molecule has 0 unspecified atom stereocenters. The van der Waals surface area contributed by atoms with Crippen LogP contribution in [0.5, 0.6) is 0 Å². The molecule has 0 amide bonds. The maximum absolute atomic E-state index is 12.8. The predicted molar refractivity (Wildman–Crippen MR) is 102 cm³/mol. The zero-order chi connectivity index (χ0) is 17.2. The van der Waals surface area contributed by atoms with Crippen LogP contribution in [0.15, 0.2) is 84.9 Å². The van der Waals surface area contributed by atoms with Crippen LogP contribution in [0.2, 0.25) is 0 Å². The molecular weight excluding hydrogens is 308 g/mol. The van der Waals surface area contributed by atoms with E-state index in [1.54, 1.807) is 0 Å². The topological polar surface area (TPSA) is 26.3 Å². The molecule has 2 heteroatoms. The molecule has 4 rings (SSSR count). The smallest absolute Gasteiger partial charge is 0.317 e. The number of rotatable bonds is 3. The minimum Gasteiger partial charge on any atom is -0.468 e. The quantitative estimate of drug-likeness (QED) is 0.478. The monoisotopic (exact) mass is 326 g/mol. The Hall–Kier alpha value is -3.13. The largest absolute Gasteiger partial charge is 0.468 e. The average Bonchev–Trinajstić information content (AvgIpc) is 2.68. The summed E-state index contributed by atoms with van der Waals surface area (Å²) >= 11 is 0. The van der Waals surface area contributed by atoms with E-state index in [-0.39, 0.29) is 5.97 Å². The van der Waals surface area contributed by atoms with Crippen molar-refractivity contribution >= 4 is 27.5 Å². The Morgan fingerprint density at radius 1 is 0.680 bits per heavy atom. The van der Waals surface area contributed by atoms with Crippen molar-refractivity contribution in [2.45, 2.75) is 5.92 Å². The Morgan fingerprint density at radius 3 is 1.60 bits per heavy atom. The highest BCUT2D eigenvalue weighted by atomic mass is 16.5. The Labute approximate surface area is 146 Å². The van der Waals surface area contributed by atoms with Gasteiger partial charge in [-0.2, -0.15) is 0 Å². The van der Waals surface area contributed by atoms with Gasteiger partial charge in [-0.3, -0.25) is 4.79 Å². The molecular formula is C23H18O2. The van der Waals surface area contributed by atoms with Crippen LogP contribution in [0, 0.1) is 0 Å². The van der Waals surface area contributed by atoms with E-state index in [0.717, 1.165) is 32.7 Å². The number of benzene rings is 4. The van der Waals surface area contributed by atoms with Crippen LogP contribution >= 0.6 is 0 Å². The van der Waals surface area contributed by atoms with Crippen LogP contribution in [-0.2, 0) is 9.53 Å². The molecule has 0 radical (unpaired) electrons. The number of esters is 1. The lowest BCUT2D eigenvalue weighted by Crippen LogP contribution is -2.16. The fourth-order valence-electron chi connectivity index (χ4n) is 3.54. The van der Waals surface area contributed by atoms with Gasteiger partial charge in [0.1, 0.15) is 5.92 Å². The van der Waals surface area contributed by atoms with Gasteiger partial charge in [0, 0.05) is 0 Å². The summed E-state index contributed by atoms with van der Waals surface area (Å²) in [6.45, 7) is 0. The molecule has 0 aromatic heterocycles. The standard InChI is InChI=1S/C23H18O2/c1-25-23(24)22(20-14-6-10-16-8-2-4-12-18(16)20)21-15-7-11-17-9-3-5-13-19(17)21/h2-15,22H,1H3. The lowest BCUT2D eigenvalue weighted by molar-refractivity contribution is -0.141. The zero-order valence-corrected chi connectivity index (χ0v) is 14.0. The SMILES string of the molecule is COC(=O)C(c1cccc2ccccc12)c1cccc2ccccc12. The number of hydrogen-bond acceptors (Lipinski definition) is 2. The Morgan fingerprint density at radius 2 is 1.12 bits per heavy atom. The third-order valence-electron chi connectivity index (χ3n) is 4.71. The highest BCUT2D eigenvalue weighted by molar-refractivity contribution is 5.97. The van der Waals surface area contributed by atoms with Gasteiger partial charge in [0.05, 0.1) is 7.11 Å². The van der Waals surface area contributed by atoms with Crippen molar-refractivity contribution in [3.05, 3.63) is 96.1 Å². The first-order chi connectivity index (χ1) is 12.3. The van der Waals surface area contributed by atoms with E-state index in [4.69, 9.17) is 4.74 Å². The van der Waals surface area contributed by atoms with Crippen LogP contribution in [0.3, 0.4) is 0 Å². The van der Waals surface area contributed by atoms with E-state index in [9.17, 15) is 4.79 Å². The highest BCUT2D eigenvalue weighted by Gasteiger charge is 2.26. The summed E-state index contributed by atoms with van der Waals surface area (Å²) in [5.41, 5.74) is 1.95. The first kappa shape index (κ1) is 15.4. The number of fused-ring (bicyclic) bond motifs is 2. The van der Waals surface area contributed by atoms with E-state index in [0.29, 0.717) is 0 Å². The summed E-state index contributed by atoms with van der Waals surface area (Å²) < 4.78 is 5.18. The number of methoxy groups -OCH3 is 1. The fourth-order valence-corrected chi connectivity index (χ4v) is 3.54. The molecule has 2 nitrogen and oxygen atoms in total. The van der Waals surface area contributed by atoms with Crippen LogP contribution in [0.4, 0.5) is 0 Å². The number of carbonyl (C=O) groups excluding carboxylic acids is 1. The Kier molecular flexibility index (Phi) is 3.95. The molecule has 0 bridgehead atoms. The first-order valence-electron chi connectivity index (χ1n) is 8.33. The fraction of sp³-hybridized carbons (Fsp3) is 0.0870. The van der Waals surface area contributed by atoms with Crippen LogP contribution < -0.4 is 0 Å². The van der Waals surface area contributed by atoms with Crippen LogP contribution in [-0.4, -0.2) is 13.1 Å². The minimum atomic E-state index is -0.456. The third-order valence-corrected chi connectivity index (χ3v) is 4.71. The molecule has 0 atom stereocenters. The number of hydrogen-bond donors (Lipinski definition) is 0. The molecule has 0 aliphatic rings. The van der Waals surface area contributed by atoms with Gasteiger partial charge >= 0.3 is 5.97 Å². The molecule has 0 heterocycles. The molecule has 4 aromatic carbocycles. The second-order valence-electron chi connectivity index (χ2n) is 6.09. The molecule has 25 heavy (non-hydrogen) atoms. The molecule has 0 aliphatic heterocycles. The van der Waals surface area contributed by atoms with Crippen molar-refractivity contribution in [1.29, 1.82) is 0 Å². The van der Waals surface area contributed by atoms with E-state index in [1.165, 1.54) is 7.11 Å². The molecule has 0 saturated heterocycles. The molecule has 0 saturated carbocycles. The van der Waals surface area contributed by atoms with Gasteiger partial charge < -0.3 is 4.74 Å². The van der Waals surface area contributed by atoms with Gasteiger partial charge in [0.15, 0.2) is 0 Å². The van der Waals surface area contributed by atoms with Gasteiger partial charge in [0.25, 0.3) is 0 Å². The van der Waals surface area contributed by atoms with Gasteiger partial charge in [-0.1, -0.05) is 84.9 Å². The summed E-state index contributed by atoms with van der Waals surface area (Å²) in [4.78, 5) is 12.8. The third kappa shape index (κ3) is 2.66. The van der Waals surface area contributed by atoms with Gasteiger partial charge in [-0.15, -0.1) is 0 Å². The van der Waals surface area contributed by atoms with Crippen molar-refractivity contribution in [2.75, 3.05) is 7.11 Å². The van der Waals surface area contributed by atoms with E-state index >= 15 is 0 Å². The molecule has 0 spiro atoms. The maximum atomic E-state index is 12.8. The van der Waals surface area contributed by atoms with E-state index < -0.39 is 5.92 Å². The van der Waals surface area contributed by atoms with Crippen molar-refractivity contribution in [3.63, 3.8) is 0 Å². The van der Waals surface area contributed by atoms with E-state index in [2.05, 4.69) is 36.4 Å². The lowest BCUT2D eigenvalue weighted by Gasteiger charge is -2.19. The van der Waals surface area contributed by atoms with Crippen molar-refractivity contribution < 1.29 is 9.53 Å². The molecule has 122 valence electrons. The number of ether oxygens (including phenoxy) is 1. The zero-order valence-electron chi connectivity index (χ0n) is 14.0. The second kappa shape index (κ2) is 6.40. The summed E-state index contributed by atoms with van der Waals surface area (Å²) in [7, 11) is 1.45. The predicted octanol–water partition coefficient (Wildman–Crippen LogP) is 5.30. The Balaban J connectivity index is 2.02. The van der Waals surface area contributed by atoms with Crippen molar-refractivity contribution in [3.8, 4) is 0 Å². The van der Waals surface area contributed by atoms with Gasteiger partial charge in [0.2, 0.25) is 0 Å². The minimum absolute atomic E-state index is 0.243. The summed E-state index contributed by atoms with van der Waals surface area (Å²) in [6.07, 6.45) is 0. The van der Waals surface area contributed by atoms with Gasteiger partial charge in [-0.25, -0.2) is 0 Å². The van der Waals surface area contributed by atoms with Gasteiger partial charge in [-0.05, 0) is 32.7 Å². The average molecular weight is 326 g/mol. The van der Waals surface area contributed by atoms with Crippen molar-refractivity contribution in [2.24, 2.45) is 0 Å². The summed E-state index contributed by atoms with van der Waals surface area (Å²) in [5.74, 6) is -0.699. The summed E-state index contributed by atoms with van der Waals surface area (Å²) in [5, 5.41) is 4.39. The highest BCUT2D eigenvalue weighted by Crippen LogP contribution is 2.35. The van der Waals surface area contributed by atoms with Crippen LogP contribution in [0.25, 0.3) is 21.5 Å². The summed E-state index contributed by atoms with van der Waals surface area (Å²) in [6, 6.07) is 28.5. The Bertz CT molecular complexity index is 976. The van der Waals surface area contributed by atoms with Crippen LogP contribution in [0.1, 0.15) is 17.0 Å². The van der Waals surface area contributed by atoms with Crippen molar-refractivity contribution in [1.82, 2.24) is 0 Å². The lowest BCUT2D eigenvalue weighted by atomic mass is 9.85. The second-order valence-corrected chi connectivity index (χ2v) is 6.09. The first-order valence-corrected chi connectivity index (χ1v) is 8.33. The number of carbonyl (C=O) groups is 1. The molecule has 4 aromatic rings. The maximum Gasteiger partial charge on any atom is 0.317 e. The molecule has 0 N–H and O–H groups in total. The normalized spacial score (nSPS) is 11.1. The molecule has 0 aliphatic carbocycles.